The first-order valence-electron chi connectivity index (χ1n) is 15.7. The number of oxazole rings is 1. The molecule has 0 aliphatic rings. The molecule has 1 aromatic heterocycles. The van der Waals surface area contributed by atoms with Crippen LogP contribution in [0.2, 0.25) is 0 Å². The van der Waals surface area contributed by atoms with Gasteiger partial charge in [-0.1, -0.05) is 82.3 Å². The summed E-state index contributed by atoms with van der Waals surface area (Å²) in [6, 6.07) is 24.6. The lowest BCUT2D eigenvalue weighted by Gasteiger charge is -2.20. The zero-order valence-electron chi connectivity index (χ0n) is 27.1. The summed E-state index contributed by atoms with van der Waals surface area (Å²) < 4.78 is 17.3. The lowest BCUT2D eigenvalue weighted by Crippen LogP contribution is -2.42. The Morgan fingerprint density at radius 3 is 1.51 bits per heavy atom. The Labute approximate surface area is 274 Å². The zero-order valence-corrected chi connectivity index (χ0v) is 27.1. The second kappa shape index (κ2) is 16.9. The number of rotatable bonds is 15. The van der Waals surface area contributed by atoms with Gasteiger partial charge < -0.3 is 24.5 Å². The SMILES string of the molecule is CC(C)CC(NC(=O)c1ccccc1)C(=O)OCc1nc(-c2ccccc2)oc1COC(=O)C(CC(C)C)NC(=O)c1ccccc1. The first-order chi connectivity index (χ1) is 22.6. The number of nitrogens with one attached hydrogen (secondary N) is 2. The summed E-state index contributed by atoms with van der Waals surface area (Å²) in [5.74, 6) is -1.40. The maximum absolute atomic E-state index is 13.3. The van der Waals surface area contributed by atoms with Crippen molar-refractivity contribution in [2.45, 2.75) is 65.8 Å². The summed E-state index contributed by atoms with van der Waals surface area (Å²) >= 11 is 0. The van der Waals surface area contributed by atoms with E-state index in [9.17, 15) is 19.2 Å². The third kappa shape index (κ3) is 10.4. The molecule has 0 aliphatic carbocycles. The summed E-state index contributed by atoms with van der Waals surface area (Å²) in [7, 11) is 0. The van der Waals surface area contributed by atoms with E-state index in [1.807, 2.05) is 58.0 Å². The molecule has 0 saturated heterocycles. The van der Waals surface area contributed by atoms with E-state index in [0.29, 0.717) is 29.5 Å². The Balaban J connectivity index is 1.49. The average Bonchev–Trinajstić information content (AvgIpc) is 3.49. The number of carbonyl (C=O) groups excluding carboxylic acids is 4. The van der Waals surface area contributed by atoms with Crippen molar-refractivity contribution in [2.24, 2.45) is 11.8 Å². The van der Waals surface area contributed by atoms with Gasteiger partial charge in [0.2, 0.25) is 5.89 Å². The fraction of sp³-hybridized carbons (Fsp3) is 0.324. The molecule has 0 radical (unpaired) electrons. The van der Waals surface area contributed by atoms with Crippen molar-refractivity contribution in [3.63, 3.8) is 0 Å². The number of carbonyl (C=O) groups is 4. The van der Waals surface area contributed by atoms with E-state index in [2.05, 4.69) is 15.6 Å². The number of hydrogen-bond acceptors (Lipinski definition) is 8. The van der Waals surface area contributed by atoms with Gasteiger partial charge in [0.05, 0.1) is 0 Å². The summed E-state index contributed by atoms with van der Waals surface area (Å²) in [5.41, 5.74) is 1.80. The molecular formula is C37H41N3O7. The van der Waals surface area contributed by atoms with Crippen LogP contribution >= 0.6 is 0 Å². The number of nitrogens with zero attached hydrogens (tertiary/aromatic N) is 1. The Kier molecular flexibility index (Phi) is 12.4. The number of aromatic nitrogens is 1. The highest BCUT2D eigenvalue weighted by Gasteiger charge is 2.28. The van der Waals surface area contributed by atoms with Gasteiger partial charge in [-0.2, -0.15) is 0 Å². The maximum Gasteiger partial charge on any atom is 0.329 e. The van der Waals surface area contributed by atoms with Gasteiger partial charge in [-0.15, -0.1) is 0 Å². The second-order valence-electron chi connectivity index (χ2n) is 12.0. The average molecular weight is 640 g/mol. The fourth-order valence-electron chi connectivity index (χ4n) is 4.82. The number of ether oxygens (including phenoxy) is 2. The lowest BCUT2D eigenvalue weighted by atomic mass is 10.0. The monoisotopic (exact) mass is 639 g/mol. The smallest absolute Gasteiger partial charge is 0.329 e. The first-order valence-corrected chi connectivity index (χ1v) is 15.7. The van der Waals surface area contributed by atoms with E-state index in [-0.39, 0.29) is 54.2 Å². The van der Waals surface area contributed by atoms with Crippen LogP contribution in [-0.4, -0.2) is 40.8 Å². The minimum absolute atomic E-state index is 0.0923. The number of amides is 2. The molecule has 1 heterocycles. The quantitative estimate of drug-likeness (QED) is 0.149. The molecule has 2 amide bonds. The van der Waals surface area contributed by atoms with Gasteiger partial charge >= 0.3 is 11.9 Å². The third-order valence-corrected chi connectivity index (χ3v) is 7.16. The lowest BCUT2D eigenvalue weighted by molar-refractivity contribution is -0.149. The van der Waals surface area contributed by atoms with E-state index < -0.39 is 24.0 Å². The molecule has 3 aromatic carbocycles. The summed E-state index contributed by atoms with van der Waals surface area (Å²) in [4.78, 5) is 56.7. The van der Waals surface area contributed by atoms with Crippen LogP contribution in [0, 0.1) is 11.8 Å². The van der Waals surface area contributed by atoms with Crippen molar-refractivity contribution in [1.82, 2.24) is 15.6 Å². The molecule has 0 aliphatic heterocycles. The van der Waals surface area contributed by atoms with Crippen molar-refractivity contribution in [2.75, 3.05) is 0 Å². The van der Waals surface area contributed by atoms with Gasteiger partial charge in [-0.05, 0) is 61.1 Å². The topological polar surface area (TPSA) is 137 Å². The van der Waals surface area contributed by atoms with Crippen molar-refractivity contribution >= 4 is 23.8 Å². The molecule has 47 heavy (non-hydrogen) atoms. The van der Waals surface area contributed by atoms with Crippen LogP contribution < -0.4 is 10.6 Å². The molecule has 0 saturated carbocycles. The molecule has 0 spiro atoms. The highest BCUT2D eigenvalue weighted by atomic mass is 16.5. The van der Waals surface area contributed by atoms with Gasteiger partial charge in [0.25, 0.3) is 11.8 Å². The van der Waals surface area contributed by atoms with E-state index in [1.165, 1.54) is 0 Å². The molecule has 2 atom stereocenters. The van der Waals surface area contributed by atoms with Crippen LogP contribution in [0.4, 0.5) is 0 Å². The van der Waals surface area contributed by atoms with Crippen molar-refractivity contribution < 1.29 is 33.1 Å². The Bertz CT molecular complexity index is 1520. The van der Waals surface area contributed by atoms with Crippen molar-refractivity contribution in [1.29, 1.82) is 0 Å². The number of benzene rings is 3. The molecule has 2 unspecified atom stereocenters. The Morgan fingerprint density at radius 1 is 0.638 bits per heavy atom. The summed E-state index contributed by atoms with van der Waals surface area (Å²) in [6.45, 7) is 7.19. The van der Waals surface area contributed by atoms with E-state index in [4.69, 9.17) is 13.9 Å². The first kappa shape index (κ1) is 34.6. The zero-order chi connectivity index (χ0) is 33.8. The minimum Gasteiger partial charge on any atom is -0.458 e. The maximum atomic E-state index is 13.3. The fourth-order valence-corrected chi connectivity index (χ4v) is 4.82. The van der Waals surface area contributed by atoms with Crippen LogP contribution in [0.25, 0.3) is 11.5 Å². The molecule has 10 nitrogen and oxygen atoms in total. The molecule has 2 N–H and O–H groups in total. The highest BCUT2D eigenvalue weighted by Crippen LogP contribution is 2.24. The van der Waals surface area contributed by atoms with Crippen LogP contribution in [0.3, 0.4) is 0 Å². The molecular weight excluding hydrogens is 598 g/mol. The number of esters is 2. The van der Waals surface area contributed by atoms with Gasteiger partial charge in [0.1, 0.15) is 24.4 Å². The van der Waals surface area contributed by atoms with E-state index in [0.717, 1.165) is 0 Å². The Hall–Kier alpha value is -5.25. The van der Waals surface area contributed by atoms with E-state index in [1.54, 1.807) is 60.7 Å². The molecule has 0 fully saturated rings. The predicted molar refractivity (Wildman–Crippen MR) is 176 cm³/mol. The minimum atomic E-state index is -0.898. The normalized spacial score (nSPS) is 12.3. The van der Waals surface area contributed by atoms with Crippen LogP contribution in [0.5, 0.6) is 0 Å². The van der Waals surface area contributed by atoms with Gasteiger partial charge in [0, 0.05) is 16.7 Å². The molecule has 246 valence electrons. The van der Waals surface area contributed by atoms with Crippen molar-refractivity contribution in [3.8, 4) is 11.5 Å². The Morgan fingerprint density at radius 2 is 1.06 bits per heavy atom. The third-order valence-electron chi connectivity index (χ3n) is 7.16. The van der Waals surface area contributed by atoms with Gasteiger partial charge in [-0.25, -0.2) is 14.6 Å². The number of hydrogen-bond donors (Lipinski definition) is 2. The molecule has 4 rings (SSSR count). The molecule has 4 aromatic rings. The van der Waals surface area contributed by atoms with Crippen LogP contribution in [-0.2, 0) is 32.3 Å². The summed E-state index contributed by atoms with van der Waals surface area (Å²) in [5, 5.41) is 5.56. The van der Waals surface area contributed by atoms with Gasteiger partial charge in [0.15, 0.2) is 12.4 Å². The van der Waals surface area contributed by atoms with Gasteiger partial charge in [-0.3, -0.25) is 9.59 Å². The highest BCUT2D eigenvalue weighted by molar-refractivity contribution is 5.97. The predicted octanol–water partition coefficient (Wildman–Crippen LogP) is 6.12. The van der Waals surface area contributed by atoms with Crippen LogP contribution in [0.15, 0.2) is 95.4 Å². The standard InChI is InChI=1S/C37H41N3O7/c1-24(2)20-29(38-33(41)26-14-8-5-9-15-26)36(43)45-22-31-32(47-35(40-31)28-18-12-7-13-19-28)23-46-37(44)30(21-25(3)4)39-34(42)27-16-10-6-11-17-27/h5-19,24-25,29-30H,20-23H2,1-4H3,(H,38,41)(H,39,42). The van der Waals surface area contributed by atoms with E-state index >= 15 is 0 Å². The molecule has 10 heteroatoms. The van der Waals surface area contributed by atoms with Crippen molar-refractivity contribution in [3.05, 3.63) is 114 Å². The largest absolute Gasteiger partial charge is 0.458 e. The second-order valence-corrected chi connectivity index (χ2v) is 12.0. The summed E-state index contributed by atoms with van der Waals surface area (Å²) in [6.07, 6.45) is 0.724. The van der Waals surface area contributed by atoms with Crippen LogP contribution in [0.1, 0.15) is 72.7 Å². The molecule has 0 bridgehead atoms.